The number of rotatable bonds is 7. The fourth-order valence-corrected chi connectivity index (χ4v) is 2.11. The molecule has 5 atom stereocenters. The van der Waals surface area contributed by atoms with Gasteiger partial charge in [-0.1, -0.05) is 10.2 Å². The van der Waals surface area contributed by atoms with Gasteiger partial charge in [0.1, 0.15) is 31.3 Å². The zero-order valence-corrected chi connectivity index (χ0v) is 12.3. The Kier molecular flexibility index (Phi) is 7.71. The number of nitrogens with zero attached hydrogens (tertiary/aromatic N) is 6. The molecule has 1 aliphatic rings. The van der Waals surface area contributed by atoms with Crippen molar-refractivity contribution in [3.63, 3.8) is 0 Å². The highest BCUT2D eigenvalue weighted by atomic mass is 16.6. The van der Waals surface area contributed by atoms with Crippen molar-refractivity contribution >= 4 is 11.8 Å². The van der Waals surface area contributed by atoms with Gasteiger partial charge in [0.25, 0.3) is 0 Å². The molecule has 0 radical (unpaired) electrons. The van der Waals surface area contributed by atoms with Gasteiger partial charge in [0.2, 0.25) is 11.8 Å². The monoisotopic (exact) mass is 344 g/mol. The summed E-state index contributed by atoms with van der Waals surface area (Å²) in [4.78, 5) is 27.9. The topological polar surface area (TPSA) is 226 Å². The van der Waals surface area contributed by atoms with E-state index in [9.17, 15) is 24.9 Å². The molecule has 1 aliphatic heterocycles. The molecule has 132 valence electrons. The van der Waals surface area contributed by atoms with Crippen LogP contribution in [-0.4, -0.2) is 77.4 Å². The van der Waals surface area contributed by atoms with E-state index in [1.165, 1.54) is 0 Å². The molecule has 3 unspecified atom stereocenters. The lowest BCUT2D eigenvalue weighted by molar-refractivity contribution is -0.226. The molecule has 14 heteroatoms. The van der Waals surface area contributed by atoms with Gasteiger partial charge in [-0.2, -0.15) is 0 Å². The van der Waals surface area contributed by atoms with Gasteiger partial charge in [0, 0.05) is 9.82 Å². The third-order valence-corrected chi connectivity index (χ3v) is 3.15. The minimum Gasteiger partial charge on any atom is -0.394 e. The number of hydrogen-bond donors (Lipinski definition) is 5. The first-order chi connectivity index (χ1) is 11.4. The standard InChI is InChI=1S/C10H16N8O6/c11-17-13-1-5(20)15-7-4(3-19)24-10(23)8(9(7)22)16-6(21)2-14-18-12/h4,7-10,19,22-23H,1-3H2,(H,15,20)(H,16,21)/t4?,7-,8?,9+,10?/m1/s1. The van der Waals surface area contributed by atoms with Crippen LogP contribution in [0.3, 0.4) is 0 Å². The summed E-state index contributed by atoms with van der Waals surface area (Å²) in [5.41, 5.74) is 16.3. The first-order valence-electron chi connectivity index (χ1n) is 6.67. The lowest BCUT2D eigenvalue weighted by Gasteiger charge is -2.42. The van der Waals surface area contributed by atoms with Crippen LogP contribution < -0.4 is 10.6 Å². The number of azide groups is 2. The summed E-state index contributed by atoms with van der Waals surface area (Å²) in [5.74, 6) is -1.55. The first kappa shape index (κ1) is 19.4. The summed E-state index contributed by atoms with van der Waals surface area (Å²) >= 11 is 0. The molecule has 24 heavy (non-hydrogen) atoms. The Balaban J connectivity index is 2.83. The van der Waals surface area contributed by atoms with E-state index < -0.39 is 62.1 Å². The van der Waals surface area contributed by atoms with Gasteiger partial charge in [0.05, 0.1) is 12.6 Å². The van der Waals surface area contributed by atoms with Crippen LogP contribution in [0.4, 0.5) is 0 Å². The van der Waals surface area contributed by atoms with Gasteiger partial charge in [-0.15, -0.1) is 0 Å². The summed E-state index contributed by atoms with van der Waals surface area (Å²) in [5, 5.41) is 39.9. The average molecular weight is 344 g/mol. The number of nitrogens with one attached hydrogen (secondary N) is 2. The maximum Gasteiger partial charge on any atom is 0.226 e. The molecule has 0 aromatic rings. The summed E-state index contributed by atoms with van der Waals surface area (Å²) in [6, 6.07) is -2.54. The molecule has 0 bridgehead atoms. The number of carbonyl (C=O) groups excluding carboxylic acids is 2. The third-order valence-electron chi connectivity index (χ3n) is 3.15. The Bertz CT molecular complexity index is 560. The predicted molar refractivity (Wildman–Crippen MR) is 75.9 cm³/mol. The SMILES string of the molecule is [N-]=[N+]=NCC(=O)NC1C(O)OC(CO)[C@@H](NC(=O)CN=[N+]=[N-])[C@@H]1O. The molecule has 1 heterocycles. The van der Waals surface area contributed by atoms with E-state index in [4.69, 9.17) is 15.8 Å². The van der Waals surface area contributed by atoms with Gasteiger partial charge >= 0.3 is 0 Å². The van der Waals surface area contributed by atoms with Crippen LogP contribution in [0.15, 0.2) is 10.2 Å². The van der Waals surface area contributed by atoms with Crippen LogP contribution in [0.25, 0.3) is 20.9 Å². The maximum atomic E-state index is 11.6. The molecular formula is C10H16N8O6. The molecule has 0 aromatic heterocycles. The van der Waals surface area contributed by atoms with Crippen molar-refractivity contribution in [2.75, 3.05) is 19.7 Å². The van der Waals surface area contributed by atoms with E-state index >= 15 is 0 Å². The van der Waals surface area contributed by atoms with Crippen LogP contribution >= 0.6 is 0 Å². The van der Waals surface area contributed by atoms with Crippen molar-refractivity contribution < 1.29 is 29.6 Å². The van der Waals surface area contributed by atoms with E-state index in [-0.39, 0.29) is 0 Å². The number of amides is 2. The second-order valence-corrected chi connectivity index (χ2v) is 4.70. The smallest absolute Gasteiger partial charge is 0.226 e. The highest BCUT2D eigenvalue weighted by molar-refractivity contribution is 5.79. The summed E-state index contributed by atoms with van der Waals surface area (Å²) in [7, 11) is 0. The molecule has 0 aromatic carbocycles. The van der Waals surface area contributed by atoms with E-state index in [1.54, 1.807) is 0 Å². The summed E-state index contributed by atoms with van der Waals surface area (Å²) in [6.45, 7) is -1.75. The highest BCUT2D eigenvalue weighted by Gasteiger charge is 2.45. The number of aliphatic hydroxyl groups excluding tert-OH is 3. The zero-order chi connectivity index (χ0) is 18.1. The van der Waals surface area contributed by atoms with Crippen LogP contribution in [-0.2, 0) is 14.3 Å². The van der Waals surface area contributed by atoms with Gasteiger partial charge in [0.15, 0.2) is 6.29 Å². The second kappa shape index (κ2) is 9.52. The van der Waals surface area contributed by atoms with E-state index in [0.29, 0.717) is 0 Å². The number of aliphatic hydroxyl groups is 3. The molecule has 5 N–H and O–H groups in total. The van der Waals surface area contributed by atoms with Gasteiger partial charge in [-0.05, 0) is 11.1 Å². The fourth-order valence-electron chi connectivity index (χ4n) is 2.11. The van der Waals surface area contributed by atoms with Crippen LogP contribution in [0.2, 0.25) is 0 Å². The van der Waals surface area contributed by atoms with Gasteiger partial charge < -0.3 is 30.7 Å². The maximum absolute atomic E-state index is 11.6. The number of hydrogen-bond acceptors (Lipinski definition) is 8. The molecule has 1 rings (SSSR count). The normalized spacial score (nSPS) is 28.9. The average Bonchev–Trinajstić information content (AvgIpc) is 2.57. The molecule has 0 saturated carbocycles. The Morgan fingerprint density at radius 1 is 1.04 bits per heavy atom. The quantitative estimate of drug-likeness (QED) is 0.193. The summed E-state index contributed by atoms with van der Waals surface area (Å²) in [6.07, 6.45) is -4.36. The Hall–Kier alpha value is -2.60. The van der Waals surface area contributed by atoms with Crippen LogP contribution in [0, 0.1) is 0 Å². The molecule has 14 nitrogen and oxygen atoms in total. The number of carbonyl (C=O) groups is 2. The molecule has 2 amide bonds. The third kappa shape index (κ3) is 5.24. The minimum absolute atomic E-state index is 0.547. The number of ether oxygens (including phenoxy) is 1. The molecular weight excluding hydrogens is 328 g/mol. The largest absolute Gasteiger partial charge is 0.394 e. The van der Waals surface area contributed by atoms with Crippen molar-refractivity contribution in [1.82, 2.24) is 10.6 Å². The van der Waals surface area contributed by atoms with Crippen molar-refractivity contribution in [1.29, 1.82) is 0 Å². The molecule has 1 saturated heterocycles. The van der Waals surface area contributed by atoms with Crippen molar-refractivity contribution in [3.05, 3.63) is 20.9 Å². The Labute approximate surface area is 134 Å². The minimum atomic E-state index is -1.67. The van der Waals surface area contributed by atoms with Gasteiger partial charge in [-0.25, -0.2) is 0 Å². The van der Waals surface area contributed by atoms with Crippen molar-refractivity contribution in [2.45, 2.75) is 30.6 Å². The zero-order valence-electron chi connectivity index (χ0n) is 12.3. The van der Waals surface area contributed by atoms with Crippen molar-refractivity contribution in [3.8, 4) is 0 Å². The van der Waals surface area contributed by atoms with Gasteiger partial charge in [-0.3, -0.25) is 9.59 Å². The Morgan fingerprint density at radius 2 is 1.54 bits per heavy atom. The summed E-state index contributed by atoms with van der Waals surface area (Å²) < 4.78 is 5.05. The second-order valence-electron chi connectivity index (χ2n) is 4.70. The molecule has 1 fully saturated rings. The highest BCUT2D eigenvalue weighted by Crippen LogP contribution is 2.20. The lowest BCUT2D eigenvalue weighted by atomic mass is 9.94. The van der Waals surface area contributed by atoms with E-state index in [1.807, 2.05) is 0 Å². The lowest BCUT2D eigenvalue weighted by Crippen LogP contribution is -2.68. The van der Waals surface area contributed by atoms with Crippen LogP contribution in [0.5, 0.6) is 0 Å². The first-order valence-corrected chi connectivity index (χ1v) is 6.67. The van der Waals surface area contributed by atoms with Crippen LogP contribution in [0.1, 0.15) is 0 Å². The van der Waals surface area contributed by atoms with E-state index in [2.05, 4.69) is 30.7 Å². The molecule has 0 spiro atoms. The Morgan fingerprint density at radius 3 is 2.00 bits per heavy atom. The van der Waals surface area contributed by atoms with E-state index in [0.717, 1.165) is 0 Å². The molecule has 0 aliphatic carbocycles. The fraction of sp³-hybridized carbons (Fsp3) is 0.800. The predicted octanol–water partition coefficient (Wildman–Crippen LogP) is -2.35. The van der Waals surface area contributed by atoms with Crippen molar-refractivity contribution in [2.24, 2.45) is 10.2 Å².